The summed E-state index contributed by atoms with van der Waals surface area (Å²) in [6.45, 7) is 9.91. The van der Waals surface area contributed by atoms with Gasteiger partial charge in [0.1, 0.15) is 0 Å². The Morgan fingerprint density at radius 1 is 1.26 bits per heavy atom. The Labute approximate surface area is 181 Å². The molecule has 1 rings (SSSR count). The summed E-state index contributed by atoms with van der Waals surface area (Å²) in [6, 6.07) is 0. The van der Waals surface area contributed by atoms with Crippen molar-refractivity contribution >= 4 is 45.9 Å². The number of piperidine rings is 1. The molecule has 0 aromatic heterocycles. The van der Waals surface area contributed by atoms with E-state index in [0.29, 0.717) is 32.7 Å². The SMILES string of the molecule is CCNC(=NCCCN(CC)S(C)(=O)=O)N1CCC(C(=O)OCC)CC1.I. The van der Waals surface area contributed by atoms with E-state index in [1.54, 1.807) is 0 Å². The molecule has 0 saturated carbocycles. The van der Waals surface area contributed by atoms with Crippen LogP contribution >= 0.6 is 24.0 Å². The Balaban J connectivity index is 0.00000676. The van der Waals surface area contributed by atoms with Crippen molar-refractivity contribution in [2.24, 2.45) is 10.9 Å². The van der Waals surface area contributed by atoms with E-state index in [-0.39, 0.29) is 35.9 Å². The number of halogens is 1. The number of ether oxygens (including phenoxy) is 1. The summed E-state index contributed by atoms with van der Waals surface area (Å²) in [7, 11) is -3.15. The molecule has 160 valence electrons. The number of sulfonamides is 1. The van der Waals surface area contributed by atoms with Gasteiger partial charge in [-0.05, 0) is 33.1 Å². The van der Waals surface area contributed by atoms with Crippen LogP contribution < -0.4 is 5.32 Å². The van der Waals surface area contributed by atoms with Gasteiger partial charge in [0.05, 0.1) is 18.8 Å². The average molecular weight is 518 g/mol. The Morgan fingerprint density at radius 3 is 2.37 bits per heavy atom. The third-order valence-electron chi connectivity index (χ3n) is 4.40. The van der Waals surface area contributed by atoms with Crippen LogP contribution in [0.1, 0.15) is 40.0 Å². The van der Waals surface area contributed by atoms with Gasteiger partial charge in [0.25, 0.3) is 0 Å². The molecule has 1 heterocycles. The van der Waals surface area contributed by atoms with Gasteiger partial charge in [-0.15, -0.1) is 24.0 Å². The minimum absolute atomic E-state index is 0. The molecule has 0 bridgehead atoms. The lowest BCUT2D eigenvalue weighted by Gasteiger charge is -2.33. The molecule has 0 aliphatic carbocycles. The molecule has 10 heteroatoms. The maximum atomic E-state index is 11.8. The van der Waals surface area contributed by atoms with Crippen molar-refractivity contribution in [1.29, 1.82) is 0 Å². The van der Waals surface area contributed by atoms with Gasteiger partial charge in [0.2, 0.25) is 10.0 Å². The van der Waals surface area contributed by atoms with Gasteiger partial charge >= 0.3 is 5.97 Å². The molecule has 0 spiro atoms. The summed E-state index contributed by atoms with van der Waals surface area (Å²) in [4.78, 5) is 18.6. The van der Waals surface area contributed by atoms with Crippen LogP contribution in [0.25, 0.3) is 0 Å². The molecule has 0 unspecified atom stereocenters. The second kappa shape index (κ2) is 13.5. The smallest absolute Gasteiger partial charge is 0.309 e. The van der Waals surface area contributed by atoms with Crippen LogP contribution in [0, 0.1) is 5.92 Å². The first-order valence-corrected chi connectivity index (χ1v) is 11.3. The predicted molar refractivity (Wildman–Crippen MR) is 119 cm³/mol. The molecule has 1 fully saturated rings. The van der Waals surface area contributed by atoms with Crippen LogP contribution in [0.2, 0.25) is 0 Å². The zero-order chi connectivity index (χ0) is 19.6. The highest BCUT2D eigenvalue weighted by Gasteiger charge is 2.27. The molecule has 0 amide bonds. The number of aliphatic imine (C=N–C) groups is 1. The lowest BCUT2D eigenvalue weighted by Crippen LogP contribution is -2.46. The van der Waals surface area contributed by atoms with Crippen molar-refractivity contribution in [2.45, 2.75) is 40.0 Å². The molecule has 1 aliphatic heterocycles. The van der Waals surface area contributed by atoms with Gasteiger partial charge in [-0.3, -0.25) is 9.79 Å². The molecule has 0 radical (unpaired) electrons. The first-order valence-electron chi connectivity index (χ1n) is 9.48. The van der Waals surface area contributed by atoms with Gasteiger partial charge < -0.3 is 15.0 Å². The topological polar surface area (TPSA) is 91.3 Å². The minimum atomic E-state index is -3.15. The number of hydrogen-bond donors (Lipinski definition) is 1. The number of carbonyl (C=O) groups is 1. The quantitative estimate of drug-likeness (QED) is 0.164. The van der Waals surface area contributed by atoms with Crippen molar-refractivity contribution in [3.8, 4) is 0 Å². The summed E-state index contributed by atoms with van der Waals surface area (Å²) in [5.74, 6) is 0.702. The number of nitrogens with zero attached hydrogens (tertiary/aromatic N) is 3. The second-order valence-corrected chi connectivity index (χ2v) is 8.34. The van der Waals surface area contributed by atoms with E-state index in [4.69, 9.17) is 4.74 Å². The standard InChI is InChI=1S/C17H34N4O4S.HI/c1-5-18-17(19-11-8-12-21(6-2)26(4,23)24)20-13-9-15(10-14-20)16(22)25-7-3;/h15H,5-14H2,1-4H3,(H,18,19);1H. The van der Waals surface area contributed by atoms with E-state index in [9.17, 15) is 13.2 Å². The fourth-order valence-corrected chi connectivity index (χ4v) is 3.93. The van der Waals surface area contributed by atoms with Crippen molar-refractivity contribution in [3.63, 3.8) is 0 Å². The van der Waals surface area contributed by atoms with Gasteiger partial charge in [-0.1, -0.05) is 6.92 Å². The summed E-state index contributed by atoms with van der Waals surface area (Å²) in [5.41, 5.74) is 0. The molecular weight excluding hydrogens is 483 g/mol. The van der Waals surface area contributed by atoms with Gasteiger partial charge in [-0.25, -0.2) is 12.7 Å². The highest BCUT2D eigenvalue weighted by molar-refractivity contribution is 14.0. The number of carbonyl (C=O) groups excluding carboxylic acids is 1. The number of nitrogens with one attached hydrogen (secondary N) is 1. The Kier molecular flexibility index (Phi) is 13.2. The molecule has 0 aromatic rings. The van der Waals surface area contributed by atoms with E-state index in [0.717, 1.165) is 38.4 Å². The van der Waals surface area contributed by atoms with E-state index < -0.39 is 10.0 Å². The second-order valence-electron chi connectivity index (χ2n) is 6.36. The fraction of sp³-hybridized carbons (Fsp3) is 0.882. The summed E-state index contributed by atoms with van der Waals surface area (Å²) in [6.07, 6.45) is 3.44. The fourth-order valence-electron chi connectivity index (χ4n) is 3.00. The number of rotatable bonds is 9. The van der Waals surface area contributed by atoms with Crippen LogP contribution in [0.15, 0.2) is 4.99 Å². The van der Waals surface area contributed by atoms with Crippen molar-refractivity contribution < 1.29 is 17.9 Å². The Morgan fingerprint density at radius 2 is 1.89 bits per heavy atom. The van der Waals surface area contributed by atoms with Crippen LogP contribution in [-0.2, 0) is 19.6 Å². The average Bonchev–Trinajstić information content (AvgIpc) is 2.60. The van der Waals surface area contributed by atoms with E-state index in [2.05, 4.69) is 15.2 Å². The minimum Gasteiger partial charge on any atom is -0.466 e. The van der Waals surface area contributed by atoms with Crippen LogP contribution in [-0.4, -0.2) is 81.7 Å². The lowest BCUT2D eigenvalue weighted by atomic mass is 9.97. The molecule has 0 aromatic carbocycles. The molecule has 1 aliphatic rings. The van der Waals surface area contributed by atoms with Crippen molar-refractivity contribution in [1.82, 2.24) is 14.5 Å². The third kappa shape index (κ3) is 9.42. The number of hydrogen-bond acceptors (Lipinski definition) is 5. The first kappa shape index (κ1) is 26.4. The largest absolute Gasteiger partial charge is 0.466 e. The Bertz CT molecular complexity index is 563. The highest BCUT2D eigenvalue weighted by Crippen LogP contribution is 2.18. The van der Waals surface area contributed by atoms with Gasteiger partial charge in [-0.2, -0.15) is 0 Å². The normalized spacial score (nSPS) is 16.2. The molecule has 8 nitrogen and oxygen atoms in total. The number of esters is 1. The molecule has 1 saturated heterocycles. The van der Waals surface area contributed by atoms with Crippen LogP contribution in [0.5, 0.6) is 0 Å². The van der Waals surface area contributed by atoms with Crippen molar-refractivity contribution in [2.75, 3.05) is 52.1 Å². The summed E-state index contributed by atoms with van der Waals surface area (Å²) in [5, 5.41) is 3.28. The molecule has 0 atom stereocenters. The lowest BCUT2D eigenvalue weighted by molar-refractivity contribution is -0.149. The monoisotopic (exact) mass is 518 g/mol. The number of guanidine groups is 1. The first-order chi connectivity index (χ1) is 12.3. The van der Waals surface area contributed by atoms with Crippen LogP contribution in [0.3, 0.4) is 0 Å². The van der Waals surface area contributed by atoms with Crippen molar-refractivity contribution in [3.05, 3.63) is 0 Å². The molecular formula is C17H35IN4O4S. The van der Waals surface area contributed by atoms with E-state index >= 15 is 0 Å². The zero-order valence-corrected chi connectivity index (χ0v) is 20.1. The highest BCUT2D eigenvalue weighted by atomic mass is 127. The van der Waals surface area contributed by atoms with E-state index in [1.807, 2.05) is 20.8 Å². The number of likely N-dealkylation sites (tertiary alicyclic amines) is 1. The third-order valence-corrected chi connectivity index (χ3v) is 5.78. The van der Waals surface area contributed by atoms with Gasteiger partial charge in [0.15, 0.2) is 5.96 Å². The summed E-state index contributed by atoms with van der Waals surface area (Å²) < 4.78 is 29.8. The van der Waals surface area contributed by atoms with Gasteiger partial charge in [0, 0.05) is 39.3 Å². The Hall–Kier alpha value is -0.620. The van der Waals surface area contributed by atoms with Crippen LogP contribution in [0.4, 0.5) is 0 Å². The summed E-state index contributed by atoms with van der Waals surface area (Å²) >= 11 is 0. The maximum Gasteiger partial charge on any atom is 0.309 e. The predicted octanol–water partition coefficient (Wildman–Crippen LogP) is 1.52. The van der Waals surface area contributed by atoms with E-state index in [1.165, 1.54) is 10.6 Å². The molecule has 27 heavy (non-hydrogen) atoms. The molecule has 1 N–H and O–H groups in total. The zero-order valence-electron chi connectivity index (χ0n) is 16.9. The maximum absolute atomic E-state index is 11.8.